The highest BCUT2D eigenvalue weighted by molar-refractivity contribution is 6.30. The van der Waals surface area contributed by atoms with Crippen LogP contribution in [0.2, 0.25) is 5.02 Å². The van der Waals surface area contributed by atoms with Crippen LogP contribution >= 0.6 is 11.6 Å². The minimum atomic E-state index is -0.0890. The van der Waals surface area contributed by atoms with E-state index in [1.165, 1.54) is 18.4 Å². The van der Waals surface area contributed by atoms with Crippen LogP contribution in [0.3, 0.4) is 0 Å². The average molecular weight is 363 g/mol. The molecule has 2 heterocycles. The van der Waals surface area contributed by atoms with Gasteiger partial charge in [-0.15, -0.1) is 0 Å². The molecular formula is C18H23ClN4O2. The van der Waals surface area contributed by atoms with E-state index in [4.69, 9.17) is 16.3 Å². The summed E-state index contributed by atoms with van der Waals surface area (Å²) in [7, 11) is 1.52. The normalized spacial score (nSPS) is 17.8. The van der Waals surface area contributed by atoms with Gasteiger partial charge in [0.25, 0.3) is 0 Å². The Bertz CT molecular complexity index is 719. The summed E-state index contributed by atoms with van der Waals surface area (Å²) in [6, 6.07) is 10.00. The third-order valence-electron chi connectivity index (χ3n) is 4.30. The number of ether oxygens (including phenoxy) is 1. The van der Waals surface area contributed by atoms with Crippen molar-refractivity contribution in [1.29, 1.82) is 0 Å². The Labute approximate surface area is 152 Å². The van der Waals surface area contributed by atoms with Crippen LogP contribution in [0.15, 0.2) is 36.5 Å². The first-order valence-electron chi connectivity index (χ1n) is 8.37. The zero-order valence-corrected chi connectivity index (χ0v) is 15.1. The summed E-state index contributed by atoms with van der Waals surface area (Å²) in [5, 5.41) is 8.11. The molecule has 7 heteroatoms. The van der Waals surface area contributed by atoms with E-state index in [2.05, 4.69) is 27.4 Å². The molecule has 3 rings (SSSR count). The highest BCUT2D eigenvalue weighted by atomic mass is 35.5. The zero-order valence-electron chi connectivity index (χ0n) is 14.3. The molecule has 1 aliphatic heterocycles. The van der Waals surface area contributed by atoms with Crippen molar-refractivity contribution >= 4 is 17.5 Å². The maximum atomic E-state index is 11.7. The quantitative estimate of drug-likeness (QED) is 0.853. The molecule has 0 saturated carbocycles. The number of aromatic nitrogens is 2. The fourth-order valence-corrected chi connectivity index (χ4v) is 3.42. The third kappa shape index (κ3) is 5.04. The van der Waals surface area contributed by atoms with Gasteiger partial charge in [0, 0.05) is 57.0 Å². The Balaban J connectivity index is 1.69. The van der Waals surface area contributed by atoms with Gasteiger partial charge in [-0.1, -0.05) is 23.7 Å². The Morgan fingerprint density at radius 3 is 3.08 bits per heavy atom. The van der Waals surface area contributed by atoms with Crippen molar-refractivity contribution in [1.82, 2.24) is 20.0 Å². The van der Waals surface area contributed by atoms with Crippen LogP contribution in [0.5, 0.6) is 0 Å². The van der Waals surface area contributed by atoms with Crippen LogP contribution < -0.4 is 5.32 Å². The van der Waals surface area contributed by atoms with Gasteiger partial charge in [-0.05, 0) is 23.8 Å². The van der Waals surface area contributed by atoms with Crippen molar-refractivity contribution in [3.8, 4) is 0 Å². The average Bonchev–Trinajstić information content (AvgIpc) is 2.93. The SMILES string of the molecule is COCC(=O)NC[C@H]1CN(Cc2cccc(Cl)c2)Cc2ccnn2C1. The molecule has 0 radical (unpaired) electrons. The first-order chi connectivity index (χ1) is 12.1. The summed E-state index contributed by atoms with van der Waals surface area (Å²) in [6.45, 7) is 4.01. The molecule has 1 N–H and O–H groups in total. The highest BCUT2D eigenvalue weighted by Gasteiger charge is 2.23. The van der Waals surface area contributed by atoms with Gasteiger partial charge in [0.1, 0.15) is 6.61 Å². The third-order valence-corrected chi connectivity index (χ3v) is 4.53. The second-order valence-corrected chi connectivity index (χ2v) is 6.84. The fourth-order valence-electron chi connectivity index (χ4n) is 3.20. The number of fused-ring (bicyclic) bond motifs is 1. The first kappa shape index (κ1) is 17.9. The number of rotatable bonds is 6. The van der Waals surface area contributed by atoms with Gasteiger partial charge in [-0.3, -0.25) is 14.4 Å². The molecule has 1 aliphatic rings. The summed E-state index contributed by atoms with van der Waals surface area (Å²) in [4.78, 5) is 14.1. The van der Waals surface area contributed by atoms with E-state index in [-0.39, 0.29) is 18.4 Å². The number of carbonyl (C=O) groups is 1. The van der Waals surface area contributed by atoms with Crippen LogP contribution in [0.4, 0.5) is 0 Å². The van der Waals surface area contributed by atoms with Crippen LogP contribution in [0, 0.1) is 5.92 Å². The van der Waals surface area contributed by atoms with E-state index in [1.807, 2.05) is 29.1 Å². The lowest BCUT2D eigenvalue weighted by Crippen LogP contribution is -2.37. The van der Waals surface area contributed by atoms with Crippen LogP contribution in [0.1, 0.15) is 11.3 Å². The largest absolute Gasteiger partial charge is 0.375 e. The summed E-state index contributed by atoms with van der Waals surface area (Å²) in [6.07, 6.45) is 1.83. The van der Waals surface area contributed by atoms with Crippen LogP contribution in [-0.2, 0) is 29.2 Å². The second-order valence-electron chi connectivity index (χ2n) is 6.41. The summed E-state index contributed by atoms with van der Waals surface area (Å²) in [5.41, 5.74) is 2.37. The molecule has 2 aromatic rings. The Kier molecular flexibility index (Phi) is 6.07. The molecule has 1 amide bonds. The summed E-state index contributed by atoms with van der Waals surface area (Å²) >= 11 is 6.11. The molecule has 0 aliphatic carbocycles. The summed E-state index contributed by atoms with van der Waals surface area (Å²) < 4.78 is 6.90. The molecule has 0 bridgehead atoms. The Morgan fingerprint density at radius 2 is 2.28 bits per heavy atom. The molecule has 1 aromatic carbocycles. The second kappa shape index (κ2) is 8.47. The fraction of sp³-hybridized carbons (Fsp3) is 0.444. The zero-order chi connectivity index (χ0) is 17.6. The van der Waals surface area contributed by atoms with E-state index in [0.717, 1.165) is 31.2 Å². The molecule has 134 valence electrons. The Hall–Kier alpha value is -1.89. The van der Waals surface area contributed by atoms with E-state index in [1.54, 1.807) is 0 Å². The van der Waals surface area contributed by atoms with E-state index in [9.17, 15) is 4.79 Å². The van der Waals surface area contributed by atoms with Crippen molar-refractivity contribution in [2.45, 2.75) is 19.6 Å². The molecule has 1 aromatic heterocycles. The van der Waals surface area contributed by atoms with Gasteiger partial charge in [-0.25, -0.2) is 0 Å². The van der Waals surface area contributed by atoms with Crippen molar-refractivity contribution in [2.24, 2.45) is 5.92 Å². The molecule has 25 heavy (non-hydrogen) atoms. The van der Waals surface area contributed by atoms with Crippen molar-refractivity contribution in [2.75, 3.05) is 26.8 Å². The lowest BCUT2D eigenvalue weighted by molar-refractivity contribution is -0.124. The number of benzene rings is 1. The van der Waals surface area contributed by atoms with Gasteiger partial charge in [-0.2, -0.15) is 5.10 Å². The maximum Gasteiger partial charge on any atom is 0.245 e. The van der Waals surface area contributed by atoms with E-state index >= 15 is 0 Å². The number of methoxy groups -OCH3 is 1. The smallest absolute Gasteiger partial charge is 0.245 e. The van der Waals surface area contributed by atoms with Crippen molar-refractivity contribution < 1.29 is 9.53 Å². The molecule has 1 atom stereocenters. The van der Waals surface area contributed by atoms with Gasteiger partial charge in [0.15, 0.2) is 0 Å². The lowest BCUT2D eigenvalue weighted by Gasteiger charge is -2.24. The first-order valence-corrected chi connectivity index (χ1v) is 8.75. The van der Waals surface area contributed by atoms with Crippen molar-refractivity contribution in [3.05, 3.63) is 52.8 Å². The summed E-state index contributed by atoms with van der Waals surface area (Å²) in [5.74, 6) is 0.190. The molecular weight excluding hydrogens is 340 g/mol. The van der Waals surface area contributed by atoms with Crippen LogP contribution in [-0.4, -0.2) is 47.4 Å². The van der Waals surface area contributed by atoms with Gasteiger partial charge < -0.3 is 10.1 Å². The van der Waals surface area contributed by atoms with Crippen molar-refractivity contribution in [3.63, 3.8) is 0 Å². The maximum absolute atomic E-state index is 11.7. The lowest BCUT2D eigenvalue weighted by atomic mass is 10.1. The molecule has 6 nitrogen and oxygen atoms in total. The predicted octanol–water partition coefficient (Wildman–Crippen LogP) is 1.93. The number of hydrogen-bond acceptors (Lipinski definition) is 4. The Morgan fingerprint density at radius 1 is 1.40 bits per heavy atom. The molecule has 0 fully saturated rings. The van der Waals surface area contributed by atoms with E-state index < -0.39 is 0 Å². The van der Waals surface area contributed by atoms with E-state index in [0.29, 0.717) is 6.54 Å². The standard InChI is InChI=1S/C18H23ClN4O2/c1-25-13-18(24)20-8-15-10-22(9-14-3-2-4-16(19)7-14)12-17-5-6-21-23(17)11-15/h2-7,15H,8-13H2,1H3,(H,20,24)/t15-/m0/s1. The predicted molar refractivity (Wildman–Crippen MR) is 96.2 cm³/mol. The van der Waals surface area contributed by atoms with Gasteiger partial charge >= 0.3 is 0 Å². The monoisotopic (exact) mass is 362 g/mol. The van der Waals surface area contributed by atoms with Gasteiger partial charge in [0.2, 0.25) is 5.91 Å². The highest BCUT2D eigenvalue weighted by Crippen LogP contribution is 2.19. The topological polar surface area (TPSA) is 59.4 Å². The number of carbonyl (C=O) groups excluding carboxylic acids is 1. The van der Waals surface area contributed by atoms with Crippen LogP contribution in [0.25, 0.3) is 0 Å². The number of halogens is 1. The molecule has 0 spiro atoms. The minimum Gasteiger partial charge on any atom is -0.375 e. The number of nitrogens with one attached hydrogen (secondary N) is 1. The number of amides is 1. The molecule has 0 saturated heterocycles. The minimum absolute atomic E-state index is 0.0890. The molecule has 0 unspecified atom stereocenters. The number of nitrogens with zero attached hydrogens (tertiary/aromatic N) is 3. The van der Waals surface area contributed by atoms with Gasteiger partial charge in [0.05, 0.1) is 5.69 Å². The number of hydrogen-bond donors (Lipinski definition) is 1.